The van der Waals surface area contributed by atoms with Crippen molar-refractivity contribution in [1.29, 1.82) is 0 Å². The molecule has 0 atom stereocenters. The van der Waals surface area contributed by atoms with Gasteiger partial charge in [0.25, 0.3) is 0 Å². The third kappa shape index (κ3) is 1.57. The number of nitrogens with zero attached hydrogens (tertiary/aromatic N) is 4. The first-order valence-corrected chi connectivity index (χ1v) is 4.83. The zero-order chi connectivity index (χ0) is 11.9. The minimum atomic E-state index is -1.04. The predicted octanol–water partition coefficient (Wildman–Crippen LogP) is 1.15. The van der Waals surface area contributed by atoms with Gasteiger partial charge in [0.05, 0.1) is 18.1 Å². The van der Waals surface area contributed by atoms with Crippen molar-refractivity contribution in [1.82, 2.24) is 14.6 Å². The van der Waals surface area contributed by atoms with Gasteiger partial charge in [0.2, 0.25) is 0 Å². The molecule has 2 heterocycles. The quantitative estimate of drug-likeness (QED) is 0.853. The molecule has 0 aliphatic rings. The number of aromatic nitrogens is 3. The lowest BCUT2D eigenvalue weighted by Crippen LogP contribution is -2.16. The van der Waals surface area contributed by atoms with Crippen LogP contribution in [0.25, 0.3) is 5.65 Å². The van der Waals surface area contributed by atoms with Crippen LogP contribution >= 0.6 is 11.6 Å². The SMILES string of the molecule is CN(C)c1c(C(=O)O)cnn2cc(Cl)nc12. The molecule has 0 saturated heterocycles. The maximum Gasteiger partial charge on any atom is 0.339 e. The molecule has 0 aromatic carbocycles. The van der Waals surface area contributed by atoms with Crippen molar-refractivity contribution in [3.63, 3.8) is 0 Å². The van der Waals surface area contributed by atoms with E-state index in [0.29, 0.717) is 11.3 Å². The summed E-state index contributed by atoms with van der Waals surface area (Å²) in [5.41, 5.74) is 1.00. The van der Waals surface area contributed by atoms with E-state index in [9.17, 15) is 4.79 Å². The number of hydrogen-bond donors (Lipinski definition) is 1. The lowest BCUT2D eigenvalue weighted by molar-refractivity contribution is 0.0697. The molecule has 2 rings (SSSR count). The maximum atomic E-state index is 11.0. The first-order chi connectivity index (χ1) is 7.50. The van der Waals surface area contributed by atoms with Gasteiger partial charge < -0.3 is 10.0 Å². The average Bonchev–Trinajstić information content (AvgIpc) is 2.55. The van der Waals surface area contributed by atoms with Crippen molar-refractivity contribution < 1.29 is 9.90 Å². The summed E-state index contributed by atoms with van der Waals surface area (Å²) < 4.78 is 1.45. The summed E-state index contributed by atoms with van der Waals surface area (Å²) in [5.74, 6) is -1.04. The smallest absolute Gasteiger partial charge is 0.339 e. The van der Waals surface area contributed by atoms with Crippen LogP contribution in [0.4, 0.5) is 5.69 Å². The van der Waals surface area contributed by atoms with Gasteiger partial charge in [0, 0.05) is 14.1 Å². The number of carboxylic acid groups (broad SMARTS) is 1. The van der Waals surface area contributed by atoms with Gasteiger partial charge in [-0.3, -0.25) is 0 Å². The fraction of sp³-hybridized carbons (Fsp3) is 0.222. The molecule has 1 N–H and O–H groups in total. The number of aromatic carboxylic acids is 1. The van der Waals surface area contributed by atoms with Crippen molar-refractivity contribution >= 4 is 28.9 Å². The summed E-state index contributed by atoms with van der Waals surface area (Å²) in [6, 6.07) is 0. The molecule has 0 aliphatic carbocycles. The highest BCUT2D eigenvalue weighted by molar-refractivity contribution is 6.29. The minimum absolute atomic E-state index is 0.0970. The van der Waals surface area contributed by atoms with Gasteiger partial charge in [-0.1, -0.05) is 11.6 Å². The molecule has 6 nitrogen and oxygen atoms in total. The second-order valence-corrected chi connectivity index (χ2v) is 3.83. The molecule has 84 valence electrons. The Balaban J connectivity index is 2.83. The number of hydrogen-bond acceptors (Lipinski definition) is 4. The van der Waals surface area contributed by atoms with E-state index in [1.165, 1.54) is 16.9 Å². The molecule has 0 unspecified atom stereocenters. The normalized spacial score (nSPS) is 10.7. The third-order valence-corrected chi connectivity index (χ3v) is 2.30. The zero-order valence-electron chi connectivity index (χ0n) is 8.68. The van der Waals surface area contributed by atoms with Crippen LogP contribution in [0.1, 0.15) is 10.4 Å². The minimum Gasteiger partial charge on any atom is -0.478 e. The van der Waals surface area contributed by atoms with Crippen molar-refractivity contribution in [3.8, 4) is 0 Å². The molecule has 0 spiro atoms. The lowest BCUT2D eigenvalue weighted by Gasteiger charge is -2.15. The number of anilines is 1. The molecule has 0 aliphatic heterocycles. The topological polar surface area (TPSA) is 70.7 Å². The molecule has 2 aromatic heterocycles. The Morgan fingerprint density at radius 3 is 2.81 bits per heavy atom. The van der Waals surface area contributed by atoms with E-state index in [0.717, 1.165) is 0 Å². The highest BCUT2D eigenvalue weighted by Gasteiger charge is 2.18. The molecule has 0 radical (unpaired) electrons. The van der Waals surface area contributed by atoms with Gasteiger partial charge >= 0.3 is 5.97 Å². The predicted molar refractivity (Wildman–Crippen MR) is 59.3 cm³/mol. The van der Waals surface area contributed by atoms with Crippen LogP contribution in [-0.4, -0.2) is 39.8 Å². The van der Waals surface area contributed by atoms with E-state index in [1.807, 2.05) is 0 Å². The first kappa shape index (κ1) is 10.7. The zero-order valence-corrected chi connectivity index (χ0v) is 9.43. The third-order valence-electron chi connectivity index (χ3n) is 2.11. The summed E-state index contributed by atoms with van der Waals surface area (Å²) in [7, 11) is 3.48. The molecule has 0 bridgehead atoms. The van der Waals surface area contributed by atoms with E-state index < -0.39 is 5.97 Å². The molecule has 0 saturated carbocycles. The summed E-state index contributed by atoms with van der Waals surface area (Å²) in [6.07, 6.45) is 2.80. The Kier molecular flexibility index (Phi) is 2.43. The van der Waals surface area contributed by atoms with Crippen molar-refractivity contribution in [3.05, 3.63) is 23.1 Å². The molecule has 16 heavy (non-hydrogen) atoms. The number of halogens is 1. The van der Waals surface area contributed by atoms with Crippen molar-refractivity contribution in [2.45, 2.75) is 0 Å². The second kappa shape index (κ2) is 3.64. The summed E-state index contributed by atoms with van der Waals surface area (Å²) >= 11 is 5.75. The number of imidazole rings is 1. The summed E-state index contributed by atoms with van der Waals surface area (Å²) in [4.78, 5) is 16.7. The summed E-state index contributed by atoms with van der Waals surface area (Å²) in [5, 5.41) is 13.2. The van der Waals surface area contributed by atoms with Crippen LogP contribution in [0.2, 0.25) is 5.15 Å². The Bertz CT molecular complexity index is 564. The number of rotatable bonds is 2. The Labute approximate surface area is 96.1 Å². The maximum absolute atomic E-state index is 11.0. The van der Waals surface area contributed by atoms with Crippen LogP contribution in [0, 0.1) is 0 Å². The number of carbonyl (C=O) groups is 1. The molecular weight excluding hydrogens is 232 g/mol. The van der Waals surface area contributed by atoms with Crippen LogP contribution in [0.15, 0.2) is 12.4 Å². The largest absolute Gasteiger partial charge is 0.478 e. The van der Waals surface area contributed by atoms with Crippen molar-refractivity contribution in [2.75, 3.05) is 19.0 Å². The van der Waals surface area contributed by atoms with E-state index in [2.05, 4.69) is 10.1 Å². The standard InChI is InChI=1S/C9H9ClN4O2/c1-13(2)7-5(9(15)16)3-11-14-4-6(10)12-8(7)14/h3-4H,1-2H3,(H,15,16). The van der Waals surface area contributed by atoms with Crippen LogP contribution < -0.4 is 4.90 Å². The van der Waals surface area contributed by atoms with Gasteiger partial charge in [-0.25, -0.2) is 14.3 Å². The van der Waals surface area contributed by atoms with E-state index in [4.69, 9.17) is 16.7 Å². The van der Waals surface area contributed by atoms with Gasteiger partial charge in [-0.05, 0) is 0 Å². The molecule has 0 amide bonds. The van der Waals surface area contributed by atoms with E-state index in [1.54, 1.807) is 19.0 Å². The average molecular weight is 241 g/mol. The van der Waals surface area contributed by atoms with Gasteiger partial charge in [-0.15, -0.1) is 0 Å². The van der Waals surface area contributed by atoms with Gasteiger partial charge in [0.1, 0.15) is 10.7 Å². The van der Waals surface area contributed by atoms with Crippen LogP contribution in [-0.2, 0) is 0 Å². The monoisotopic (exact) mass is 240 g/mol. The lowest BCUT2D eigenvalue weighted by atomic mass is 10.2. The summed E-state index contributed by atoms with van der Waals surface area (Å²) in [6.45, 7) is 0. The Morgan fingerprint density at radius 1 is 1.56 bits per heavy atom. The second-order valence-electron chi connectivity index (χ2n) is 3.44. The van der Waals surface area contributed by atoms with Gasteiger partial charge in [0.15, 0.2) is 5.65 Å². The van der Waals surface area contributed by atoms with E-state index in [-0.39, 0.29) is 10.7 Å². The van der Waals surface area contributed by atoms with Crippen LogP contribution in [0.5, 0.6) is 0 Å². The molecule has 7 heteroatoms. The van der Waals surface area contributed by atoms with E-state index >= 15 is 0 Å². The van der Waals surface area contributed by atoms with Gasteiger partial charge in [-0.2, -0.15) is 5.10 Å². The Morgan fingerprint density at radius 2 is 2.25 bits per heavy atom. The molecular formula is C9H9ClN4O2. The van der Waals surface area contributed by atoms with Crippen molar-refractivity contribution in [2.24, 2.45) is 0 Å². The number of fused-ring (bicyclic) bond motifs is 1. The molecule has 2 aromatic rings. The van der Waals surface area contributed by atoms with Crippen LogP contribution in [0.3, 0.4) is 0 Å². The highest BCUT2D eigenvalue weighted by Crippen LogP contribution is 2.24. The molecule has 0 fully saturated rings. The fourth-order valence-corrected chi connectivity index (χ4v) is 1.66. The highest BCUT2D eigenvalue weighted by atomic mass is 35.5. The fourth-order valence-electron chi connectivity index (χ4n) is 1.49. The number of carboxylic acids is 1. The Hall–Kier alpha value is -1.82. The first-order valence-electron chi connectivity index (χ1n) is 4.45.